The first-order chi connectivity index (χ1) is 12.3. The molecule has 3 aliphatic heterocycles. The zero-order valence-electron chi connectivity index (χ0n) is 14.7. The number of carbonyl (C=O) groups excluding carboxylic acids is 1. The third-order valence-electron chi connectivity index (χ3n) is 5.58. The van der Waals surface area contributed by atoms with E-state index in [1.54, 1.807) is 0 Å². The molecule has 3 aliphatic rings. The van der Waals surface area contributed by atoms with E-state index in [-0.39, 0.29) is 18.1 Å². The molecule has 0 spiro atoms. The Kier molecular flexibility index (Phi) is 5.34. The van der Waals surface area contributed by atoms with Crippen LogP contribution in [0.15, 0.2) is 30.3 Å². The number of ether oxygens (including phenoxy) is 2. The Bertz CT molecular complexity index is 568. The van der Waals surface area contributed by atoms with Crippen molar-refractivity contribution in [1.29, 1.82) is 0 Å². The zero-order valence-corrected chi connectivity index (χ0v) is 14.7. The summed E-state index contributed by atoms with van der Waals surface area (Å²) < 4.78 is 11.4. The quantitative estimate of drug-likeness (QED) is 0.884. The monoisotopic (exact) mass is 344 g/mol. The Labute approximate surface area is 149 Å². The SMILES string of the molecule is O=C([C@@H]1CC[C@H](Cc2ccccc2)O1)N1CC(NC2CCOCC2)C1. The summed E-state index contributed by atoms with van der Waals surface area (Å²) in [6.07, 6.45) is 4.83. The fourth-order valence-corrected chi connectivity index (χ4v) is 4.08. The molecule has 1 aromatic carbocycles. The molecule has 4 rings (SSSR count). The van der Waals surface area contributed by atoms with Gasteiger partial charge in [0.05, 0.1) is 6.10 Å². The molecule has 0 unspecified atom stereocenters. The molecule has 0 aromatic heterocycles. The van der Waals surface area contributed by atoms with Crippen LogP contribution in [0.3, 0.4) is 0 Å². The standard InChI is InChI=1S/C20H28N2O3/c23-20(22-13-17(14-22)21-16-8-10-24-11-9-16)19-7-6-18(25-19)12-15-4-2-1-3-5-15/h1-5,16-19,21H,6-14H2/t18-,19+/m1/s1. The third-order valence-corrected chi connectivity index (χ3v) is 5.58. The third kappa shape index (κ3) is 4.22. The molecule has 5 nitrogen and oxygen atoms in total. The molecule has 1 amide bonds. The van der Waals surface area contributed by atoms with Gasteiger partial charge in [-0.3, -0.25) is 4.79 Å². The highest BCUT2D eigenvalue weighted by atomic mass is 16.5. The number of hydrogen-bond donors (Lipinski definition) is 1. The van der Waals surface area contributed by atoms with Crippen LogP contribution in [0.4, 0.5) is 0 Å². The Morgan fingerprint density at radius 1 is 1.04 bits per heavy atom. The van der Waals surface area contributed by atoms with Gasteiger partial charge in [0.25, 0.3) is 5.91 Å². The molecular weight excluding hydrogens is 316 g/mol. The van der Waals surface area contributed by atoms with Crippen molar-refractivity contribution >= 4 is 5.91 Å². The maximum atomic E-state index is 12.6. The average Bonchev–Trinajstić information content (AvgIpc) is 3.07. The Morgan fingerprint density at radius 2 is 1.80 bits per heavy atom. The number of nitrogens with one attached hydrogen (secondary N) is 1. The molecule has 0 bridgehead atoms. The van der Waals surface area contributed by atoms with E-state index in [2.05, 4.69) is 29.6 Å². The fourth-order valence-electron chi connectivity index (χ4n) is 4.08. The smallest absolute Gasteiger partial charge is 0.251 e. The van der Waals surface area contributed by atoms with Crippen molar-refractivity contribution in [2.24, 2.45) is 0 Å². The number of carbonyl (C=O) groups is 1. The van der Waals surface area contributed by atoms with Gasteiger partial charge in [-0.1, -0.05) is 30.3 Å². The van der Waals surface area contributed by atoms with Gasteiger partial charge >= 0.3 is 0 Å². The number of nitrogens with zero attached hydrogens (tertiary/aromatic N) is 1. The summed E-state index contributed by atoms with van der Waals surface area (Å²) in [5.74, 6) is 0.181. The highest BCUT2D eigenvalue weighted by molar-refractivity contribution is 5.82. The Morgan fingerprint density at radius 3 is 2.56 bits per heavy atom. The molecule has 136 valence electrons. The number of hydrogen-bond acceptors (Lipinski definition) is 4. The molecule has 0 radical (unpaired) electrons. The van der Waals surface area contributed by atoms with Gasteiger partial charge in [-0.15, -0.1) is 0 Å². The van der Waals surface area contributed by atoms with E-state index in [1.165, 1.54) is 5.56 Å². The van der Waals surface area contributed by atoms with Gasteiger partial charge in [-0.25, -0.2) is 0 Å². The Hall–Kier alpha value is -1.43. The van der Waals surface area contributed by atoms with E-state index in [1.807, 2.05) is 11.0 Å². The summed E-state index contributed by atoms with van der Waals surface area (Å²) in [7, 11) is 0. The average molecular weight is 344 g/mol. The minimum Gasteiger partial charge on any atom is -0.381 e. The number of benzene rings is 1. The second kappa shape index (κ2) is 7.85. The molecule has 1 aromatic rings. The minimum atomic E-state index is -0.238. The molecule has 3 heterocycles. The van der Waals surface area contributed by atoms with Crippen LogP contribution in [-0.4, -0.2) is 61.4 Å². The van der Waals surface area contributed by atoms with Gasteiger partial charge in [0.1, 0.15) is 6.10 Å². The van der Waals surface area contributed by atoms with Crippen LogP contribution in [0.2, 0.25) is 0 Å². The molecular formula is C20H28N2O3. The summed E-state index contributed by atoms with van der Waals surface area (Å²) in [6.45, 7) is 3.34. The molecule has 0 saturated carbocycles. The van der Waals surface area contributed by atoms with E-state index in [9.17, 15) is 4.79 Å². The maximum Gasteiger partial charge on any atom is 0.251 e. The van der Waals surface area contributed by atoms with Crippen LogP contribution in [0.1, 0.15) is 31.2 Å². The molecule has 0 aliphatic carbocycles. The molecule has 2 atom stereocenters. The lowest BCUT2D eigenvalue weighted by Crippen LogP contribution is -2.63. The van der Waals surface area contributed by atoms with Crippen molar-refractivity contribution in [3.8, 4) is 0 Å². The van der Waals surface area contributed by atoms with Crippen molar-refractivity contribution in [2.75, 3.05) is 26.3 Å². The van der Waals surface area contributed by atoms with Gasteiger partial charge in [0, 0.05) is 38.4 Å². The molecule has 25 heavy (non-hydrogen) atoms. The van der Waals surface area contributed by atoms with Crippen LogP contribution >= 0.6 is 0 Å². The molecule has 3 saturated heterocycles. The molecule has 3 fully saturated rings. The van der Waals surface area contributed by atoms with Crippen molar-refractivity contribution in [3.63, 3.8) is 0 Å². The van der Waals surface area contributed by atoms with E-state index in [4.69, 9.17) is 9.47 Å². The lowest BCUT2D eigenvalue weighted by Gasteiger charge is -2.43. The van der Waals surface area contributed by atoms with E-state index in [0.29, 0.717) is 12.1 Å². The largest absolute Gasteiger partial charge is 0.381 e. The minimum absolute atomic E-state index is 0.175. The summed E-state index contributed by atoms with van der Waals surface area (Å²) in [4.78, 5) is 14.6. The van der Waals surface area contributed by atoms with Crippen LogP contribution in [0.25, 0.3) is 0 Å². The number of amides is 1. The topological polar surface area (TPSA) is 50.8 Å². The number of likely N-dealkylation sites (tertiary alicyclic amines) is 1. The number of rotatable bonds is 5. The predicted molar refractivity (Wildman–Crippen MR) is 95.4 cm³/mol. The van der Waals surface area contributed by atoms with E-state index < -0.39 is 0 Å². The van der Waals surface area contributed by atoms with E-state index >= 15 is 0 Å². The molecule has 1 N–H and O–H groups in total. The second-order valence-corrected chi connectivity index (χ2v) is 7.51. The van der Waals surface area contributed by atoms with Gasteiger partial charge in [0.2, 0.25) is 0 Å². The first kappa shape index (κ1) is 17.0. The first-order valence-corrected chi connectivity index (χ1v) is 9.60. The van der Waals surface area contributed by atoms with Crippen LogP contribution in [-0.2, 0) is 20.7 Å². The predicted octanol–water partition coefficient (Wildman–Crippen LogP) is 1.76. The second-order valence-electron chi connectivity index (χ2n) is 7.51. The lowest BCUT2D eigenvalue weighted by atomic mass is 10.0. The first-order valence-electron chi connectivity index (χ1n) is 9.60. The van der Waals surface area contributed by atoms with E-state index in [0.717, 1.165) is 58.4 Å². The lowest BCUT2D eigenvalue weighted by molar-refractivity contribution is -0.148. The Balaban J connectivity index is 1.19. The summed E-state index contributed by atoms with van der Waals surface area (Å²) in [5.41, 5.74) is 1.28. The van der Waals surface area contributed by atoms with Crippen molar-refractivity contribution in [2.45, 2.75) is 56.4 Å². The maximum absolute atomic E-state index is 12.6. The van der Waals surface area contributed by atoms with Crippen LogP contribution in [0, 0.1) is 0 Å². The molecule has 5 heteroatoms. The van der Waals surface area contributed by atoms with Gasteiger partial charge in [-0.2, -0.15) is 0 Å². The van der Waals surface area contributed by atoms with Gasteiger partial charge in [0.15, 0.2) is 0 Å². The normalized spacial score (nSPS) is 28.1. The van der Waals surface area contributed by atoms with Crippen molar-refractivity contribution < 1.29 is 14.3 Å². The van der Waals surface area contributed by atoms with Crippen molar-refractivity contribution in [3.05, 3.63) is 35.9 Å². The highest BCUT2D eigenvalue weighted by Crippen LogP contribution is 2.26. The zero-order chi connectivity index (χ0) is 17.1. The van der Waals surface area contributed by atoms with Crippen LogP contribution < -0.4 is 5.32 Å². The van der Waals surface area contributed by atoms with Gasteiger partial charge in [-0.05, 0) is 37.7 Å². The summed E-state index contributed by atoms with van der Waals surface area (Å²) in [5, 5.41) is 3.66. The van der Waals surface area contributed by atoms with Crippen LogP contribution in [0.5, 0.6) is 0 Å². The summed E-state index contributed by atoms with van der Waals surface area (Å²) in [6, 6.07) is 11.4. The van der Waals surface area contributed by atoms with Crippen molar-refractivity contribution in [1.82, 2.24) is 10.2 Å². The van der Waals surface area contributed by atoms with Gasteiger partial charge < -0.3 is 19.7 Å². The highest BCUT2D eigenvalue weighted by Gasteiger charge is 2.39. The fraction of sp³-hybridized carbons (Fsp3) is 0.650. The summed E-state index contributed by atoms with van der Waals surface area (Å²) >= 11 is 0.